The summed E-state index contributed by atoms with van der Waals surface area (Å²) in [6.07, 6.45) is 0.681. The number of primary amides is 2. The van der Waals surface area contributed by atoms with Crippen molar-refractivity contribution in [3.8, 4) is 0 Å². The Morgan fingerprint density at radius 1 is 1.19 bits per heavy atom. The van der Waals surface area contributed by atoms with Crippen LogP contribution in [0.5, 0.6) is 0 Å². The average Bonchev–Trinajstić information content (AvgIpc) is 2.39. The quantitative estimate of drug-likeness (QED) is 0.628. The summed E-state index contributed by atoms with van der Waals surface area (Å²) in [4.78, 5) is 24.2. The van der Waals surface area contributed by atoms with Gasteiger partial charge in [0.25, 0.3) is 0 Å². The van der Waals surface area contributed by atoms with E-state index in [1.807, 2.05) is 31.2 Å². The van der Waals surface area contributed by atoms with E-state index in [-0.39, 0.29) is 25.2 Å². The van der Waals surface area contributed by atoms with Gasteiger partial charge >= 0.3 is 0 Å². The van der Waals surface area contributed by atoms with Crippen molar-refractivity contribution in [3.63, 3.8) is 0 Å². The van der Waals surface area contributed by atoms with Crippen molar-refractivity contribution in [2.24, 2.45) is 17.2 Å². The van der Waals surface area contributed by atoms with Gasteiger partial charge in [-0.25, -0.2) is 0 Å². The molecule has 0 heterocycles. The van der Waals surface area contributed by atoms with Gasteiger partial charge in [0.15, 0.2) is 0 Å². The van der Waals surface area contributed by atoms with E-state index < -0.39 is 11.8 Å². The molecule has 6 nitrogen and oxygen atoms in total. The summed E-state index contributed by atoms with van der Waals surface area (Å²) in [5, 5.41) is 0. The van der Waals surface area contributed by atoms with E-state index in [0.29, 0.717) is 6.42 Å². The lowest BCUT2D eigenvalue weighted by Gasteiger charge is -2.34. The fraction of sp³-hybridized carbons (Fsp3) is 0.429. The Morgan fingerprint density at radius 2 is 1.71 bits per heavy atom. The van der Waals surface area contributed by atoms with Crippen molar-refractivity contribution in [1.82, 2.24) is 4.90 Å². The lowest BCUT2D eigenvalue weighted by molar-refractivity contribution is -0.123. The fourth-order valence-electron chi connectivity index (χ4n) is 2.29. The number of nitrogens with two attached hydrogens (primary N) is 3. The monoisotopic (exact) mass is 356 g/mol. The first-order valence-electron chi connectivity index (χ1n) is 6.67. The largest absolute Gasteiger partial charge is 0.369 e. The van der Waals surface area contributed by atoms with Crippen LogP contribution in [-0.2, 0) is 9.59 Å². The van der Waals surface area contributed by atoms with Crippen LogP contribution >= 0.6 is 15.9 Å². The number of halogens is 1. The third kappa shape index (κ3) is 5.11. The molecule has 0 saturated carbocycles. The predicted octanol–water partition coefficient (Wildman–Crippen LogP) is 0.500. The molecule has 0 aliphatic heterocycles. The minimum absolute atomic E-state index is 0.0807. The zero-order chi connectivity index (χ0) is 16.0. The van der Waals surface area contributed by atoms with Crippen LogP contribution in [0.25, 0.3) is 0 Å². The highest BCUT2D eigenvalue weighted by Crippen LogP contribution is 2.30. The van der Waals surface area contributed by atoms with Crippen LogP contribution in [0, 0.1) is 0 Å². The minimum atomic E-state index is -0.531. The number of hydrogen-bond acceptors (Lipinski definition) is 4. The zero-order valence-electron chi connectivity index (χ0n) is 12.0. The molecule has 1 aromatic carbocycles. The van der Waals surface area contributed by atoms with Crippen LogP contribution in [0.4, 0.5) is 0 Å². The van der Waals surface area contributed by atoms with Crippen LogP contribution in [0.1, 0.15) is 24.9 Å². The second-order valence-corrected chi connectivity index (χ2v) is 5.73. The van der Waals surface area contributed by atoms with Crippen LogP contribution in [0.15, 0.2) is 28.7 Å². The first-order valence-corrected chi connectivity index (χ1v) is 7.46. The molecule has 0 aliphatic rings. The maximum Gasteiger partial charge on any atom is 0.231 e. The molecule has 0 radical (unpaired) electrons. The highest BCUT2D eigenvalue weighted by Gasteiger charge is 2.29. The van der Waals surface area contributed by atoms with Gasteiger partial charge in [-0.15, -0.1) is 0 Å². The molecule has 6 N–H and O–H groups in total. The number of carbonyl (C=O) groups is 2. The Labute approximate surface area is 132 Å². The SMILES string of the molecule is CCC(N)C(c1ccccc1Br)N(CC(N)=O)CC(N)=O. The molecule has 1 aromatic rings. The third-order valence-corrected chi connectivity index (χ3v) is 3.93. The van der Waals surface area contributed by atoms with E-state index >= 15 is 0 Å². The third-order valence-electron chi connectivity index (χ3n) is 3.21. The normalized spacial score (nSPS) is 13.9. The van der Waals surface area contributed by atoms with Gasteiger partial charge in [0.05, 0.1) is 19.1 Å². The molecule has 1 rings (SSSR count). The van der Waals surface area contributed by atoms with Gasteiger partial charge in [-0.3, -0.25) is 14.5 Å². The zero-order valence-corrected chi connectivity index (χ0v) is 13.5. The van der Waals surface area contributed by atoms with E-state index in [4.69, 9.17) is 17.2 Å². The van der Waals surface area contributed by atoms with Crippen LogP contribution in [0.2, 0.25) is 0 Å². The summed E-state index contributed by atoms with van der Waals surface area (Å²) >= 11 is 3.48. The highest BCUT2D eigenvalue weighted by atomic mass is 79.9. The van der Waals surface area contributed by atoms with E-state index in [9.17, 15) is 9.59 Å². The van der Waals surface area contributed by atoms with Gasteiger partial charge in [0.1, 0.15) is 0 Å². The molecule has 7 heteroatoms. The molecule has 116 valence electrons. The number of benzene rings is 1. The second-order valence-electron chi connectivity index (χ2n) is 4.88. The lowest BCUT2D eigenvalue weighted by atomic mass is 9.96. The van der Waals surface area contributed by atoms with Gasteiger partial charge in [-0.2, -0.15) is 0 Å². The number of nitrogens with zero attached hydrogens (tertiary/aromatic N) is 1. The van der Waals surface area contributed by atoms with Crippen molar-refractivity contribution < 1.29 is 9.59 Å². The molecule has 0 spiro atoms. The lowest BCUT2D eigenvalue weighted by Crippen LogP contribution is -2.47. The van der Waals surface area contributed by atoms with Gasteiger partial charge < -0.3 is 17.2 Å². The average molecular weight is 357 g/mol. The molecule has 0 aromatic heterocycles. The maximum absolute atomic E-state index is 11.3. The molecule has 0 fully saturated rings. The smallest absolute Gasteiger partial charge is 0.231 e. The molecular formula is C14H21BrN4O2. The topological polar surface area (TPSA) is 115 Å². The molecule has 2 atom stereocenters. The molecule has 2 unspecified atom stereocenters. The Kier molecular flexibility index (Phi) is 6.80. The summed E-state index contributed by atoms with van der Waals surface area (Å²) in [6, 6.07) is 6.96. The van der Waals surface area contributed by atoms with Crippen LogP contribution < -0.4 is 17.2 Å². The van der Waals surface area contributed by atoms with E-state index in [1.54, 1.807) is 4.90 Å². The fourth-order valence-corrected chi connectivity index (χ4v) is 2.81. The standard InChI is InChI=1S/C14H21BrN4O2/c1-2-11(16)14(9-5-3-4-6-10(9)15)19(7-12(17)20)8-13(18)21/h3-6,11,14H,2,7-8,16H2,1H3,(H2,17,20)(H2,18,21). The number of rotatable bonds is 8. The second kappa shape index (κ2) is 8.11. The summed E-state index contributed by atoms with van der Waals surface area (Å²) in [7, 11) is 0. The van der Waals surface area contributed by atoms with Crippen molar-refractivity contribution in [2.75, 3.05) is 13.1 Å². The summed E-state index contributed by atoms with van der Waals surface area (Å²) < 4.78 is 0.859. The molecule has 0 bridgehead atoms. The maximum atomic E-state index is 11.3. The Balaban J connectivity index is 3.22. The molecule has 2 amide bonds. The summed E-state index contributed by atoms with van der Waals surface area (Å²) in [5.74, 6) is -1.06. The summed E-state index contributed by atoms with van der Waals surface area (Å²) in [6.45, 7) is 1.78. The van der Waals surface area contributed by atoms with Gasteiger partial charge in [0, 0.05) is 10.5 Å². The van der Waals surface area contributed by atoms with Crippen LogP contribution in [-0.4, -0.2) is 35.8 Å². The highest BCUT2D eigenvalue weighted by molar-refractivity contribution is 9.10. The van der Waals surface area contributed by atoms with E-state index in [1.165, 1.54) is 0 Å². The van der Waals surface area contributed by atoms with Crippen molar-refractivity contribution >= 4 is 27.7 Å². The molecule has 0 saturated heterocycles. The van der Waals surface area contributed by atoms with Gasteiger partial charge in [-0.1, -0.05) is 41.1 Å². The van der Waals surface area contributed by atoms with E-state index in [2.05, 4.69) is 15.9 Å². The van der Waals surface area contributed by atoms with Gasteiger partial charge in [0.2, 0.25) is 11.8 Å². The Bertz CT molecular complexity index is 494. The Morgan fingerprint density at radius 3 is 2.14 bits per heavy atom. The molecule has 21 heavy (non-hydrogen) atoms. The first kappa shape index (κ1) is 17.6. The number of amides is 2. The minimum Gasteiger partial charge on any atom is -0.369 e. The van der Waals surface area contributed by atoms with Crippen molar-refractivity contribution in [2.45, 2.75) is 25.4 Å². The van der Waals surface area contributed by atoms with Crippen molar-refractivity contribution in [1.29, 1.82) is 0 Å². The van der Waals surface area contributed by atoms with E-state index in [0.717, 1.165) is 10.0 Å². The molecular weight excluding hydrogens is 336 g/mol. The number of hydrogen-bond donors (Lipinski definition) is 3. The van der Waals surface area contributed by atoms with Crippen molar-refractivity contribution in [3.05, 3.63) is 34.3 Å². The Hall–Kier alpha value is -1.44. The van der Waals surface area contributed by atoms with Gasteiger partial charge in [-0.05, 0) is 18.1 Å². The molecule has 0 aliphatic carbocycles. The predicted molar refractivity (Wildman–Crippen MR) is 85.1 cm³/mol. The summed E-state index contributed by atoms with van der Waals surface area (Å²) in [5.41, 5.74) is 17.7. The first-order chi connectivity index (χ1) is 9.86. The number of carbonyl (C=O) groups excluding carboxylic acids is 2. The van der Waals surface area contributed by atoms with Crippen LogP contribution in [0.3, 0.4) is 0 Å².